The first kappa shape index (κ1) is 14.1. The topological polar surface area (TPSA) is 63.3 Å². The van der Waals surface area contributed by atoms with Crippen LogP contribution in [0.5, 0.6) is 0 Å². The van der Waals surface area contributed by atoms with Crippen LogP contribution >= 0.6 is 0 Å². The number of aromatic nitrogens is 1. The maximum atomic E-state index is 12.3. The summed E-state index contributed by atoms with van der Waals surface area (Å²) in [4.78, 5) is 11.0. The Morgan fingerprint density at radius 2 is 1.90 bits per heavy atom. The van der Waals surface area contributed by atoms with Gasteiger partial charge in [0.05, 0.1) is 0 Å². The van der Waals surface area contributed by atoms with Gasteiger partial charge in [-0.2, -0.15) is 13.2 Å². The zero-order chi connectivity index (χ0) is 14.8. The van der Waals surface area contributed by atoms with Gasteiger partial charge in [0.2, 0.25) is 0 Å². The van der Waals surface area contributed by atoms with Crippen LogP contribution in [0.3, 0.4) is 0 Å². The molecule has 0 aliphatic heterocycles. The van der Waals surface area contributed by atoms with E-state index in [1.807, 2.05) is 0 Å². The number of nitrogens with zero attached hydrogens (tertiary/aromatic N) is 1. The van der Waals surface area contributed by atoms with Gasteiger partial charge in [-0.25, -0.2) is 4.79 Å². The van der Waals surface area contributed by atoms with Crippen molar-refractivity contribution in [3.63, 3.8) is 0 Å². The summed E-state index contributed by atoms with van der Waals surface area (Å²) >= 11 is 0. The van der Waals surface area contributed by atoms with Crippen LogP contribution in [0.4, 0.5) is 13.2 Å². The van der Waals surface area contributed by atoms with Gasteiger partial charge < -0.3 is 9.63 Å². The molecular weight excluding hydrogens is 275 g/mol. The summed E-state index contributed by atoms with van der Waals surface area (Å²) in [6, 6.07) is 8.30. The number of carboxylic acids is 1. The van der Waals surface area contributed by atoms with Crippen molar-refractivity contribution >= 4 is 5.97 Å². The van der Waals surface area contributed by atoms with Crippen LogP contribution < -0.4 is 0 Å². The zero-order valence-corrected chi connectivity index (χ0v) is 10.1. The maximum Gasteiger partial charge on any atom is 0.389 e. The number of halogens is 3. The van der Waals surface area contributed by atoms with Crippen LogP contribution in [0.15, 0.2) is 34.9 Å². The SMILES string of the molecule is O=C(O)c1noc(-c2ccccc2)c1CCC(F)(F)F. The highest BCUT2D eigenvalue weighted by molar-refractivity contribution is 5.89. The molecule has 7 heteroatoms. The van der Waals surface area contributed by atoms with E-state index in [-0.39, 0.29) is 11.3 Å². The molecule has 0 spiro atoms. The number of hydrogen-bond acceptors (Lipinski definition) is 3. The van der Waals surface area contributed by atoms with E-state index in [1.54, 1.807) is 30.3 Å². The zero-order valence-electron chi connectivity index (χ0n) is 10.1. The summed E-state index contributed by atoms with van der Waals surface area (Å²) < 4.78 is 41.9. The minimum atomic E-state index is -4.37. The molecule has 1 N–H and O–H groups in total. The first-order chi connectivity index (χ1) is 9.38. The van der Waals surface area contributed by atoms with E-state index in [0.717, 1.165) is 0 Å². The van der Waals surface area contributed by atoms with Crippen LogP contribution in [-0.2, 0) is 6.42 Å². The second-order valence-corrected chi connectivity index (χ2v) is 4.13. The van der Waals surface area contributed by atoms with Crippen LogP contribution in [0.25, 0.3) is 11.3 Å². The third kappa shape index (κ3) is 3.17. The lowest BCUT2D eigenvalue weighted by Crippen LogP contribution is -2.11. The molecule has 106 valence electrons. The monoisotopic (exact) mass is 285 g/mol. The molecule has 1 heterocycles. The summed E-state index contributed by atoms with van der Waals surface area (Å²) in [5.74, 6) is -1.35. The van der Waals surface area contributed by atoms with E-state index in [0.29, 0.717) is 5.56 Å². The molecule has 0 aliphatic rings. The molecule has 1 aromatic heterocycles. The van der Waals surface area contributed by atoms with Gasteiger partial charge in [-0.1, -0.05) is 35.5 Å². The van der Waals surface area contributed by atoms with Crippen molar-refractivity contribution in [1.82, 2.24) is 5.16 Å². The number of aromatic carboxylic acids is 1. The van der Waals surface area contributed by atoms with Gasteiger partial charge in [-0.3, -0.25) is 0 Å². The van der Waals surface area contributed by atoms with Crippen molar-refractivity contribution in [2.75, 3.05) is 0 Å². The standard InChI is InChI=1S/C13H10F3NO3/c14-13(15,16)7-6-9-10(12(18)19)17-20-11(9)8-4-2-1-3-5-8/h1-5H,6-7H2,(H,18,19). The molecule has 2 rings (SSSR count). The Morgan fingerprint density at radius 3 is 2.45 bits per heavy atom. The Labute approximate surface area is 111 Å². The Morgan fingerprint density at radius 1 is 1.25 bits per heavy atom. The smallest absolute Gasteiger partial charge is 0.389 e. The maximum absolute atomic E-state index is 12.3. The molecule has 4 nitrogen and oxygen atoms in total. The van der Waals surface area contributed by atoms with Crippen LogP contribution in [0.2, 0.25) is 0 Å². The molecule has 0 aliphatic carbocycles. The van der Waals surface area contributed by atoms with Gasteiger partial charge in [0.25, 0.3) is 0 Å². The summed E-state index contributed by atoms with van der Waals surface area (Å²) in [7, 11) is 0. The van der Waals surface area contributed by atoms with E-state index < -0.39 is 30.7 Å². The van der Waals surface area contributed by atoms with E-state index in [2.05, 4.69) is 5.16 Å². The third-order valence-electron chi connectivity index (χ3n) is 2.69. The fourth-order valence-electron chi connectivity index (χ4n) is 1.79. The summed E-state index contributed by atoms with van der Waals surface area (Å²) in [5.41, 5.74) is -0.0289. The van der Waals surface area contributed by atoms with Crippen LogP contribution in [0.1, 0.15) is 22.5 Å². The lowest BCUT2D eigenvalue weighted by atomic mass is 10.0. The van der Waals surface area contributed by atoms with Gasteiger partial charge in [0.1, 0.15) is 0 Å². The van der Waals surface area contributed by atoms with Gasteiger partial charge in [0.15, 0.2) is 11.5 Å². The highest BCUT2D eigenvalue weighted by atomic mass is 19.4. The normalized spacial score (nSPS) is 11.6. The van der Waals surface area contributed by atoms with Crippen LogP contribution in [0, 0.1) is 0 Å². The van der Waals surface area contributed by atoms with Gasteiger partial charge in [-0.05, 0) is 6.42 Å². The fourth-order valence-corrected chi connectivity index (χ4v) is 1.79. The van der Waals surface area contributed by atoms with Crippen molar-refractivity contribution < 1.29 is 27.6 Å². The summed E-state index contributed by atoms with van der Waals surface area (Å²) in [6.07, 6.45) is -5.99. The third-order valence-corrected chi connectivity index (χ3v) is 2.69. The van der Waals surface area contributed by atoms with Crippen LogP contribution in [-0.4, -0.2) is 22.4 Å². The van der Waals surface area contributed by atoms with Gasteiger partial charge in [0, 0.05) is 17.5 Å². The molecule has 0 saturated heterocycles. The van der Waals surface area contributed by atoms with E-state index in [9.17, 15) is 18.0 Å². The molecule has 0 unspecified atom stereocenters. The minimum absolute atomic E-state index is 0.0407. The van der Waals surface area contributed by atoms with Crippen molar-refractivity contribution in [2.24, 2.45) is 0 Å². The van der Waals surface area contributed by atoms with E-state index >= 15 is 0 Å². The molecule has 20 heavy (non-hydrogen) atoms. The number of benzene rings is 1. The first-order valence-electron chi connectivity index (χ1n) is 5.72. The van der Waals surface area contributed by atoms with Gasteiger partial charge >= 0.3 is 12.1 Å². The molecule has 0 bridgehead atoms. The highest BCUT2D eigenvalue weighted by Gasteiger charge is 2.30. The molecule has 0 fully saturated rings. The lowest BCUT2D eigenvalue weighted by molar-refractivity contribution is -0.134. The average molecular weight is 285 g/mol. The molecule has 0 saturated carbocycles. The minimum Gasteiger partial charge on any atom is -0.476 e. The Bertz CT molecular complexity index is 605. The summed E-state index contributed by atoms with van der Waals surface area (Å²) in [6.45, 7) is 0. The predicted molar refractivity (Wildman–Crippen MR) is 63.3 cm³/mol. The molecule has 1 aromatic carbocycles. The molecule has 0 radical (unpaired) electrons. The van der Waals surface area contributed by atoms with Crippen molar-refractivity contribution in [3.8, 4) is 11.3 Å². The number of carboxylic acid groups (broad SMARTS) is 1. The van der Waals surface area contributed by atoms with E-state index in [1.165, 1.54) is 0 Å². The number of rotatable bonds is 4. The largest absolute Gasteiger partial charge is 0.476 e. The van der Waals surface area contributed by atoms with Gasteiger partial charge in [-0.15, -0.1) is 0 Å². The van der Waals surface area contributed by atoms with E-state index in [4.69, 9.17) is 9.63 Å². The second kappa shape index (κ2) is 5.36. The molecule has 0 atom stereocenters. The molecular formula is C13H10F3NO3. The number of alkyl halides is 3. The Hall–Kier alpha value is -2.31. The molecule has 0 amide bonds. The van der Waals surface area contributed by atoms with Crippen molar-refractivity contribution in [2.45, 2.75) is 19.0 Å². The Kier molecular flexibility index (Phi) is 3.78. The quantitative estimate of drug-likeness (QED) is 0.933. The second-order valence-electron chi connectivity index (χ2n) is 4.13. The van der Waals surface area contributed by atoms with Crippen molar-refractivity contribution in [3.05, 3.63) is 41.6 Å². The lowest BCUT2D eigenvalue weighted by Gasteiger charge is -2.06. The fraction of sp³-hybridized carbons (Fsp3) is 0.231. The Balaban J connectivity index is 2.40. The molecule has 2 aromatic rings. The average Bonchev–Trinajstić information content (AvgIpc) is 2.80. The summed E-state index contributed by atoms with van der Waals surface area (Å²) in [5, 5.41) is 12.3. The number of hydrogen-bond donors (Lipinski definition) is 1. The number of carbonyl (C=O) groups is 1. The highest BCUT2D eigenvalue weighted by Crippen LogP contribution is 2.30. The first-order valence-corrected chi connectivity index (χ1v) is 5.72. The van der Waals surface area contributed by atoms with Crippen molar-refractivity contribution in [1.29, 1.82) is 0 Å². The predicted octanol–water partition coefficient (Wildman–Crippen LogP) is 3.53.